The topological polar surface area (TPSA) is 95.7 Å². The molecule has 1 amide bonds. The van der Waals surface area contributed by atoms with Crippen LogP contribution in [0.15, 0.2) is 24.3 Å². The number of hydrogen-bond donors (Lipinski definition) is 3. The molecule has 0 spiro atoms. The molecule has 1 aromatic carbocycles. The van der Waals surface area contributed by atoms with Gasteiger partial charge < -0.3 is 10.8 Å². The van der Waals surface area contributed by atoms with Gasteiger partial charge in [0.05, 0.1) is 5.69 Å². The Morgan fingerprint density at radius 2 is 2.29 bits per heavy atom. The number of hydrogen-bond acceptors (Lipinski definition) is 4. The van der Waals surface area contributed by atoms with Crippen LogP contribution in [0.4, 0.5) is 5.69 Å². The van der Waals surface area contributed by atoms with E-state index in [9.17, 15) is 9.59 Å². The van der Waals surface area contributed by atoms with Gasteiger partial charge in [-0.2, -0.15) is 0 Å². The minimum atomic E-state index is -1.08. The summed E-state index contributed by atoms with van der Waals surface area (Å²) < 4.78 is 0. The number of carboxylic acid groups (broad SMARTS) is 1. The number of carbonyl (C=O) groups is 2. The van der Waals surface area contributed by atoms with Crippen molar-refractivity contribution in [1.82, 2.24) is 5.43 Å². The van der Waals surface area contributed by atoms with E-state index in [0.717, 1.165) is 5.69 Å². The molecule has 1 aromatic rings. The summed E-state index contributed by atoms with van der Waals surface area (Å²) in [6.45, 7) is 0.574. The predicted octanol–water partition coefficient (Wildman–Crippen LogP) is 0.0123. The molecule has 1 unspecified atom stereocenters. The minimum Gasteiger partial charge on any atom is -0.480 e. The molecule has 1 fully saturated rings. The summed E-state index contributed by atoms with van der Waals surface area (Å²) in [4.78, 5) is 21.9. The molecular weight excluding hydrogens is 222 g/mol. The smallest absolute Gasteiger partial charge is 0.325 e. The van der Waals surface area contributed by atoms with Crippen molar-refractivity contribution in [3.63, 3.8) is 0 Å². The number of benzene rings is 1. The van der Waals surface area contributed by atoms with Gasteiger partial charge in [0.15, 0.2) is 0 Å². The lowest BCUT2D eigenvalue weighted by Crippen LogP contribution is -2.33. The standard InChI is InChI=1S/C11H13N3O3/c12-10(11(16)17)7-2-1-3-8(6-7)14-5-4-9(15)13-14/h1-3,6,10H,4-5,12H2,(H,13,15)(H,16,17). The number of aliphatic carboxylic acids is 1. The molecule has 1 atom stereocenters. The first kappa shape index (κ1) is 11.4. The van der Waals surface area contributed by atoms with Crippen molar-refractivity contribution < 1.29 is 14.7 Å². The first-order valence-corrected chi connectivity index (χ1v) is 5.23. The number of amides is 1. The van der Waals surface area contributed by atoms with Gasteiger partial charge in [0.25, 0.3) is 0 Å². The molecule has 0 saturated carbocycles. The van der Waals surface area contributed by atoms with Crippen LogP contribution in [0, 0.1) is 0 Å². The number of nitrogens with two attached hydrogens (primary N) is 1. The summed E-state index contributed by atoms with van der Waals surface area (Å²) in [6.07, 6.45) is 0.440. The highest BCUT2D eigenvalue weighted by molar-refractivity contribution is 5.82. The van der Waals surface area contributed by atoms with Gasteiger partial charge in [0, 0.05) is 13.0 Å². The SMILES string of the molecule is NC(C(=O)O)c1cccc(N2CCC(=O)N2)c1. The third-order valence-corrected chi connectivity index (χ3v) is 2.63. The Kier molecular flexibility index (Phi) is 2.97. The predicted molar refractivity (Wildman–Crippen MR) is 61.1 cm³/mol. The summed E-state index contributed by atoms with van der Waals surface area (Å²) in [5, 5.41) is 10.5. The van der Waals surface area contributed by atoms with Crippen LogP contribution in [0.5, 0.6) is 0 Å². The lowest BCUT2D eigenvalue weighted by Gasteiger charge is -2.18. The summed E-state index contributed by atoms with van der Waals surface area (Å²) in [5.41, 5.74) is 9.45. The Hall–Kier alpha value is -2.08. The monoisotopic (exact) mass is 235 g/mol. The van der Waals surface area contributed by atoms with Crippen molar-refractivity contribution in [2.45, 2.75) is 12.5 Å². The maximum atomic E-state index is 11.1. The van der Waals surface area contributed by atoms with Crippen LogP contribution in [0.1, 0.15) is 18.0 Å². The van der Waals surface area contributed by atoms with Crippen molar-refractivity contribution in [1.29, 1.82) is 0 Å². The zero-order chi connectivity index (χ0) is 12.4. The summed E-state index contributed by atoms with van der Waals surface area (Å²) in [6, 6.07) is 5.79. The molecule has 0 aromatic heterocycles. The van der Waals surface area contributed by atoms with Crippen molar-refractivity contribution in [2.75, 3.05) is 11.6 Å². The Labute approximate surface area is 98.0 Å². The molecule has 4 N–H and O–H groups in total. The van der Waals surface area contributed by atoms with Crippen molar-refractivity contribution in [3.05, 3.63) is 29.8 Å². The van der Waals surface area contributed by atoms with Crippen LogP contribution in [-0.4, -0.2) is 23.5 Å². The van der Waals surface area contributed by atoms with Crippen molar-refractivity contribution in [3.8, 4) is 0 Å². The van der Waals surface area contributed by atoms with Gasteiger partial charge in [-0.3, -0.25) is 20.0 Å². The molecule has 90 valence electrons. The number of rotatable bonds is 3. The Bertz CT molecular complexity index is 461. The van der Waals surface area contributed by atoms with Gasteiger partial charge in [-0.1, -0.05) is 12.1 Å². The van der Waals surface area contributed by atoms with Gasteiger partial charge in [-0.15, -0.1) is 0 Å². The van der Waals surface area contributed by atoms with Crippen molar-refractivity contribution in [2.24, 2.45) is 5.73 Å². The van der Waals surface area contributed by atoms with E-state index in [2.05, 4.69) is 5.43 Å². The van der Waals surface area contributed by atoms with Gasteiger partial charge >= 0.3 is 5.97 Å². The molecule has 6 heteroatoms. The van der Waals surface area contributed by atoms with E-state index >= 15 is 0 Å². The highest BCUT2D eigenvalue weighted by Gasteiger charge is 2.20. The molecule has 1 saturated heterocycles. The zero-order valence-electron chi connectivity index (χ0n) is 9.09. The molecular formula is C11H13N3O3. The third-order valence-electron chi connectivity index (χ3n) is 2.63. The van der Waals surface area contributed by atoms with Crippen molar-refractivity contribution >= 4 is 17.6 Å². The first-order valence-electron chi connectivity index (χ1n) is 5.23. The second-order valence-electron chi connectivity index (χ2n) is 3.85. The van der Waals surface area contributed by atoms with Gasteiger partial charge in [0.2, 0.25) is 5.91 Å². The highest BCUT2D eigenvalue weighted by Crippen LogP contribution is 2.20. The molecule has 0 radical (unpaired) electrons. The number of carboxylic acids is 1. The van der Waals surface area contributed by atoms with Gasteiger partial charge in [0.1, 0.15) is 6.04 Å². The van der Waals surface area contributed by atoms with Crippen LogP contribution >= 0.6 is 0 Å². The fourth-order valence-electron chi connectivity index (χ4n) is 1.70. The average Bonchev–Trinajstić information content (AvgIpc) is 2.75. The van der Waals surface area contributed by atoms with E-state index in [1.165, 1.54) is 0 Å². The normalized spacial score (nSPS) is 16.8. The molecule has 17 heavy (non-hydrogen) atoms. The summed E-state index contributed by atoms with van der Waals surface area (Å²) in [5.74, 6) is -1.12. The number of carbonyl (C=O) groups excluding carboxylic acids is 1. The first-order chi connectivity index (χ1) is 8.08. The lowest BCUT2D eigenvalue weighted by atomic mass is 10.1. The lowest BCUT2D eigenvalue weighted by molar-refractivity contribution is -0.138. The molecule has 0 bridgehead atoms. The zero-order valence-corrected chi connectivity index (χ0v) is 9.09. The Balaban J connectivity index is 2.22. The second-order valence-corrected chi connectivity index (χ2v) is 3.85. The fourth-order valence-corrected chi connectivity index (χ4v) is 1.70. The molecule has 0 aliphatic carbocycles. The number of hydrazine groups is 1. The molecule has 1 aliphatic rings. The minimum absolute atomic E-state index is 0.0436. The summed E-state index contributed by atoms with van der Waals surface area (Å²) in [7, 11) is 0. The summed E-state index contributed by atoms with van der Waals surface area (Å²) >= 11 is 0. The molecule has 1 aliphatic heterocycles. The van der Waals surface area contributed by atoms with E-state index in [0.29, 0.717) is 18.5 Å². The van der Waals surface area contributed by atoms with E-state index in [4.69, 9.17) is 10.8 Å². The Morgan fingerprint density at radius 3 is 2.88 bits per heavy atom. The van der Waals surface area contributed by atoms with Crippen LogP contribution in [0.3, 0.4) is 0 Å². The van der Waals surface area contributed by atoms with Crippen LogP contribution in [0.2, 0.25) is 0 Å². The maximum absolute atomic E-state index is 11.1. The molecule has 1 heterocycles. The van der Waals surface area contributed by atoms with Crippen LogP contribution in [0.25, 0.3) is 0 Å². The van der Waals surface area contributed by atoms with Gasteiger partial charge in [-0.25, -0.2) is 0 Å². The largest absolute Gasteiger partial charge is 0.480 e. The quantitative estimate of drug-likeness (QED) is 0.686. The molecule has 2 rings (SSSR count). The number of nitrogens with zero attached hydrogens (tertiary/aromatic N) is 1. The van der Waals surface area contributed by atoms with E-state index < -0.39 is 12.0 Å². The van der Waals surface area contributed by atoms with E-state index in [1.54, 1.807) is 29.3 Å². The average molecular weight is 235 g/mol. The van der Waals surface area contributed by atoms with E-state index in [-0.39, 0.29) is 5.91 Å². The second kappa shape index (κ2) is 4.42. The Morgan fingerprint density at radius 1 is 1.53 bits per heavy atom. The van der Waals surface area contributed by atoms with Crippen LogP contribution in [-0.2, 0) is 9.59 Å². The third kappa shape index (κ3) is 2.36. The van der Waals surface area contributed by atoms with E-state index in [1.807, 2.05) is 0 Å². The number of nitrogens with one attached hydrogen (secondary N) is 1. The van der Waals surface area contributed by atoms with Gasteiger partial charge in [-0.05, 0) is 17.7 Å². The maximum Gasteiger partial charge on any atom is 0.325 e. The van der Waals surface area contributed by atoms with Crippen LogP contribution < -0.4 is 16.2 Å². The molecule has 6 nitrogen and oxygen atoms in total. The highest BCUT2D eigenvalue weighted by atomic mass is 16.4. The number of anilines is 1. The fraction of sp³-hybridized carbons (Fsp3) is 0.273.